The molecule has 2 aromatic carbocycles. The molecule has 1 N–H and O–H groups in total. The second kappa shape index (κ2) is 10.0. The Bertz CT molecular complexity index is 758. The summed E-state index contributed by atoms with van der Waals surface area (Å²) >= 11 is 11.7. The van der Waals surface area contributed by atoms with Crippen LogP contribution in [0.5, 0.6) is 5.75 Å². The molecule has 7 heteroatoms. The Hall–Kier alpha value is -2.24. The van der Waals surface area contributed by atoms with E-state index in [-0.39, 0.29) is 5.56 Å². The summed E-state index contributed by atoms with van der Waals surface area (Å²) in [6.45, 7) is 1.35. The average Bonchev–Trinajstić information content (AvgIpc) is 2.66. The van der Waals surface area contributed by atoms with Gasteiger partial charge in [0.1, 0.15) is 5.75 Å². The van der Waals surface area contributed by atoms with Crippen LogP contribution in [0.15, 0.2) is 47.5 Å². The molecule has 0 amide bonds. The molecular formula is C19H20Cl2N2O3. The van der Waals surface area contributed by atoms with Gasteiger partial charge >= 0.3 is 5.97 Å². The summed E-state index contributed by atoms with van der Waals surface area (Å²) in [4.78, 5) is 17.3. The maximum atomic E-state index is 10.9. The smallest absolute Gasteiger partial charge is 0.335 e. The number of aromatic carboxylic acids is 1. The van der Waals surface area contributed by atoms with Gasteiger partial charge in [0, 0.05) is 31.1 Å². The van der Waals surface area contributed by atoms with Crippen molar-refractivity contribution in [3.8, 4) is 5.75 Å². The molecule has 0 aliphatic heterocycles. The van der Waals surface area contributed by atoms with Gasteiger partial charge in [-0.3, -0.25) is 4.99 Å². The van der Waals surface area contributed by atoms with Crippen LogP contribution in [0.25, 0.3) is 0 Å². The van der Waals surface area contributed by atoms with E-state index >= 15 is 0 Å². The van der Waals surface area contributed by atoms with Gasteiger partial charge in [-0.25, -0.2) is 4.79 Å². The van der Waals surface area contributed by atoms with E-state index in [1.54, 1.807) is 25.5 Å². The fourth-order valence-electron chi connectivity index (χ4n) is 2.43. The van der Waals surface area contributed by atoms with Crippen molar-refractivity contribution in [1.82, 2.24) is 0 Å². The molecule has 2 aromatic rings. The molecule has 0 heterocycles. The number of alkyl halides is 2. The highest BCUT2D eigenvalue weighted by molar-refractivity contribution is 6.18. The van der Waals surface area contributed by atoms with Gasteiger partial charge in [-0.05, 0) is 42.0 Å². The van der Waals surface area contributed by atoms with Crippen molar-refractivity contribution in [2.45, 2.75) is 0 Å². The summed E-state index contributed by atoms with van der Waals surface area (Å²) in [5.41, 5.74) is 2.69. The number of halogens is 2. The van der Waals surface area contributed by atoms with Crippen molar-refractivity contribution in [3.05, 3.63) is 53.6 Å². The predicted molar refractivity (Wildman–Crippen MR) is 107 cm³/mol. The summed E-state index contributed by atoms with van der Waals surface area (Å²) in [6.07, 6.45) is 1.70. The molecular weight excluding hydrogens is 375 g/mol. The van der Waals surface area contributed by atoms with E-state index in [2.05, 4.69) is 9.89 Å². The molecule has 0 aliphatic rings. The Labute approximate surface area is 162 Å². The van der Waals surface area contributed by atoms with Gasteiger partial charge in [-0.2, -0.15) is 0 Å². The summed E-state index contributed by atoms with van der Waals surface area (Å²) in [5, 5.41) is 8.92. The van der Waals surface area contributed by atoms with Crippen molar-refractivity contribution in [2.75, 3.05) is 36.9 Å². The Morgan fingerprint density at radius 3 is 2.35 bits per heavy atom. The van der Waals surface area contributed by atoms with E-state index in [1.807, 2.05) is 18.2 Å². The van der Waals surface area contributed by atoms with Crippen molar-refractivity contribution in [2.24, 2.45) is 4.99 Å². The highest BCUT2D eigenvalue weighted by atomic mass is 35.5. The molecule has 0 aliphatic carbocycles. The first-order valence-electron chi connectivity index (χ1n) is 8.01. The maximum Gasteiger partial charge on any atom is 0.335 e. The second-order valence-corrected chi connectivity index (χ2v) is 6.16. The first kappa shape index (κ1) is 20.1. The third-order valence-electron chi connectivity index (χ3n) is 3.73. The summed E-state index contributed by atoms with van der Waals surface area (Å²) < 4.78 is 5.50. The first-order valence-corrected chi connectivity index (χ1v) is 9.08. The van der Waals surface area contributed by atoms with Crippen LogP contribution >= 0.6 is 23.2 Å². The highest BCUT2D eigenvalue weighted by Gasteiger charge is 2.11. The van der Waals surface area contributed by atoms with Gasteiger partial charge in [0.2, 0.25) is 0 Å². The molecule has 0 saturated heterocycles. The molecule has 0 unspecified atom stereocenters. The number of aliphatic imine (C=N–C) groups is 1. The number of ether oxygens (including phenoxy) is 1. The minimum absolute atomic E-state index is 0.230. The fraction of sp³-hybridized carbons (Fsp3) is 0.263. The van der Waals surface area contributed by atoms with Gasteiger partial charge in [0.25, 0.3) is 0 Å². The molecule has 26 heavy (non-hydrogen) atoms. The molecule has 0 bridgehead atoms. The standard InChI is InChI=1S/C19H20Cl2N2O3/c1-26-18-12-14(2-7-17(18)23(10-8-20)11-9-21)13-22-16-5-3-15(4-6-16)19(24)25/h2-7,12-13H,8-11H2,1H3,(H,24,25). The molecule has 5 nitrogen and oxygen atoms in total. The van der Waals surface area contributed by atoms with Crippen LogP contribution in [-0.4, -0.2) is 49.2 Å². The monoisotopic (exact) mass is 394 g/mol. The SMILES string of the molecule is COc1cc(C=Nc2ccc(C(=O)O)cc2)ccc1N(CCCl)CCCl. The van der Waals surface area contributed by atoms with E-state index in [0.717, 1.165) is 11.3 Å². The lowest BCUT2D eigenvalue weighted by Crippen LogP contribution is -2.28. The number of hydrogen-bond acceptors (Lipinski definition) is 4. The van der Waals surface area contributed by atoms with Crippen molar-refractivity contribution >= 4 is 46.8 Å². The molecule has 0 aromatic heterocycles. The molecule has 0 radical (unpaired) electrons. The average molecular weight is 395 g/mol. The van der Waals surface area contributed by atoms with Crippen LogP contribution < -0.4 is 9.64 Å². The number of carboxylic acid groups (broad SMARTS) is 1. The van der Waals surface area contributed by atoms with Crippen LogP contribution in [0.1, 0.15) is 15.9 Å². The van der Waals surface area contributed by atoms with Crippen LogP contribution in [0.2, 0.25) is 0 Å². The number of rotatable bonds is 9. The summed E-state index contributed by atoms with van der Waals surface area (Å²) in [7, 11) is 1.62. The Kier molecular flexibility index (Phi) is 7.75. The topological polar surface area (TPSA) is 62.1 Å². The largest absolute Gasteiger partial charge is 0.495 e. The van der Waals surface area contributed by atoms with Gasteiger partial charge in [0.15, 0.2) is 0 Å². The Balaban J connectivity index is 2.21. The molecule has 0 saturated carbocycles. The Morgan fingerprint density at radius 1 is 1.15 bits per heavy atom. The summed E-state index contributed by atoms with van der Waals surface area (Å²) in [5.74, 6) is 0.746. The number of carbonyl (C=O) groups is 1. The number of nitrogens with zero attached hydrogens (tertiary/aromatic N) is 2. The quantitative estimate of drug-likeness (QED) is 0.504. The van der Waals surface area contributed by atoms with E-state index in [9.17, 15) is 4.79 Å². The number of methoxy groups -OCH3 is 1. The van der Waals surface area contributed by atoms with Gasteiger partial charge in [0.05, 0.1) is 24.0 Å². The molecule has 2 rings (SSSR count). The number of carboxylic acids is 1. The minimum atomic E-state index is -0.959. The van der Waals surface area contributed by atoms with E-state index in [1.165, 1.54) is 12.1 Å². The summed E-state index contributed by atoms with van der Waals surface area (Å²) in [6, 6.07) is 12.1. The van der Waals surface area contributed by atoms with Crippen LogP contribution in [0.3, 0.4) is 0 Å². The maximum absolute atomic E-state index is 10.9. The highest BCUT2D eigenvalue weighted by Crippen LogP contribution is 2.29. The van der Waals surface area contributed by atoms with E-state index in [0.29, 0.717) is 36.3 Å². The first-order chi connectivity index (χ1) is 12.6. The van der Waals surface area contributed by atoms with Crippen molar-refractivity contribution < 1.29 is 14.6 Å². The van der Waals surface area contributed by atoms with Gasteiger partial charge in [-0.1, -0.05) is 6.07 Å². The van der Waals surface area contributed by atoms with E-state index in [4.69, 9.17) is 33.0 Å². The van der Waals surface area contributed by atoms with Crippen LogP contribution in [-0.2, 0) is 0 Å². The number of benzene rings is 2. The third kappa shape index (κ3) is 5.38. The van der Waals surface area contributed by atoms with Crippen molar-refractivity contribution in [1.29, 1.82) is 0 Å². The van der Waals surface area contributed by atoms with Crippen LogP contribution in [0, 0.1) is 0 Å². The predicted octanol–water partition coefficient (Wildman–Crippen LogP) is 4.43. The van der Waals surface area contributed by atoms with Gasteiger partial charge < -0.3 is 14.7 Å². The lowest BCUT2D eigenvalue weighted by Gasteiger charge is -2.25. The van der Waals surface area contributed by atoms with Gasteiger partial charge in [-0.15, -0.1) is 23.2 Å². The zero-order valence-electron chi connectivity index (χ0n) is 14.4. The lowest BCUT2D eigenvalue weighted by molar-refractivity contribution is 0.0697. The third-order valence-corrected chi connectivity index (χ3v) is 4.07. The number of hydrogen-bond donors (Lipinski definition) is 1. The molecule has 0 atom stereocenters. The molecule has 138 valence electrons. The normalized spacial score (nSPS) is 10.9. The fourth-order valence-corrected chi connectivity index (χ4v) is 2.84. The second-order valence-electron chi connectivity index (χ2n) is 5.41. The zero-order chi connectivity index (χ0) is 18.9. The number of anilines is 1. The van der Waals surface area contributed by atoms with Crippen molar-refractivity contribution in [3.63, 3.8) is 0 Å². The molecule has 0 fully saturated rings. The molecule has 0 spiro atoms. The lowest BCUT2D eigenvalue weighted by atomic mass is 10.1. The van der Waals surface area contributed by atoms with E-state index < -0.39 is 5.97 Å². The van der Waals surface area contributed by atoms with Crippen LogP contribution in [0.4, 0.5) is 11.4 Å². The zero-order valence-corrected chi connectivity index (χ0v) is 15.9. The minimum Gasteiger partial charge on any atom is -0.495 e. The Morgan fingerprint density at radius 2 is 1.81 bits per heavy atom.